The summed E-state index contributed by atoms with van der Waals surface area (Å²) in [5.74, 6) is 0.605. The summed E-state index contributed by atoms with van der Waals surface area (Å²) in [5, 5.41) is 3.48. The Hall–Kier alpha value is -2.96. The van der Waals surface area contributed by atoms with Crippen LogP contribution < -0.4 is 5.32 Å². The van der Waals surface area contributed by atoms with E-state index in [1.54, 1.807) is 4.90 Å². The molecule has 1 N–H and O–H groups in total. The molecule has 1 aliphatic heterocycles. The van der Waals surface area contributed by atoms with Crippen molar-refractivity contribution >= 4 is 17.8 Å². The summed E-state index contributed by atoms with van der Waals surface area (Å²) >= 11 is 0. The lowest BCUT2D eigenvalue weighted by molar-refractivity contribution is -0.140. The van der Waals surface area contributed by atoms with Crippen LogP contribution in [0.3, 0.4) is 0 Å². The third kappa shape index (κ3) is 5.03. The van der Waals surface area contributed by atoms with Gasteiger partial charge >= 0.3 is 0 Å². The molecule has 2 heterocycles. The number of benzene rings is 1. The first-order valence-corrected chi connectivity index (χ1v) is 11.2. The lowest BCUT2D eigenvalue weighted by Crippen LogP contribution is -2.44. The first-order valence-electron chi connectivity index (χ1n) is 11.2. The van der Waals surface area contributed by atoms with Gasteiger partial charge < -0.3 is 15.1 Å². The van der Waals surface area contributed by atoms with Crippen molar-refractivity contribution in [2.45, 2.75) is 58.5 Å². The van der Waals surface area contributed by atoms with Gasteiger partial charge in [0.2, 0.25) is 17.8 Å². The molecular formula is C24H31N5O2. The second-order valence-electron chi connectivity index (χ2n) is 8.54. The second kappa shape index (κ2) is 9.45. The lowest BCUT2D eigenvalue weighted by Gasteiger charge is -2.30. The summed E-state index contributed by atoms with van der Waals surface area (Å²) in [5.41, 5.74) is 4.78. The van der Waals surface area contributed by atoms with Gasteiger partial charge in [0.05, 0.1) is 12.2 Å². The summed E-state index contributed by atoms with van der Waals surface area (Å²) in [6.07, 6.45) is 6.43. The van der Waals surface area contributed by atoms with Crippen LogP contribution >= 0.6 is 0 Å². The van der Waals surface area contributed by atoms with E-state index in [2.05, 4.69) is 41.5 Å². The number of nitrogens with zero attached hydrogens (tertiary/aromatic N) is 4. The lowest BCUT2D eigenvalue weighted by atomic mass is 10.1. The Bertz CT molecular complexity index is 936. The van der Waals surface area contributed by atoms with Crippen LogP contribution in [0.25, 0.3) is 0 Å². The van der Waals surface area contributed by atoms with E-state index in [1.807, 2.05) is 11.1 Å². The van der Waals surface area contributed by atoms with E-state index in [0.29, 0.717) is 38.0 Å². The first kappa shape index (κ1) is 21.3. The van der Waals surface area contributed by atoms with Crippen molar-refractivity contribution in [2.75, 3.05) is 25.0 Å². The fourth-order valence-electron chi connectivity index (χ4n) is 4.40. The topological polar surface area (TPSA) is 78.4 Å². The number of rotatable bonds is 7. The summed E-state index contributed by atoms with van der Waals surface area (Å²) in [6.45, 7) is 5.51. The molecule has 2 aromatic rings. The van der Waals surface area contributed by atoms with E-state index in [0.717, 1.165) is 36.9 Å². The molecule has 0 radical (unpaired) electrons. The summed E-state index contributed by atoms with van der Waals surface area (Å²) in [7, 11) is 0. The van der Waals surface area contributed by atoms with Gasteiger partial charge in [-0.05, 0) is 30.4 Å². The molecule has 4 rings (SSSR count). The van der Waals surface area contributed by atoms with E-state index in [4.69, 9.17) is 4.98 Å². The average molecular weight is 422 g/mol. The molecule has 0 unspecified atom stereocenters. The Kier molecular flexibility index (Phi) is 6.49. The van der Waals surface area contributed by atoms with Crippen LogP contribution in [0.2, 0.25) is 0 Å². The van der Waals surface area contributed by atoms with Gasteiger partial charge in [-0.1, -0.05) is 37.6 Å². The van der Waals surface area contributed by atoms with E-state index in [-0.39, 0.29) is 18.4 Å². The van der Waals surface area contributed by atoms with Crippen LogP contribution in [0.4, 0.5) is 5.95 Å². The summed E-state index contributed by atoms with van der Waals surface area (Å²) in [4.78, 5) is 37.3. The van der Waals surface area contributed by atoms with Gasteiger partial charge in [0, 0.05) is 50.8 Å². The fourth-order valence-corrected chi connectivity index (χ4v) is 4.40. The number of hydrogen-bond donors (Lipinski definition) is 1. The fraction of sp³-hybridized carbons (Fsp3) is 0.500. The second-order valence-corrected chi connectivity index (χ2v) is 8.54. The predicted octanol–water partition coefficient (Wildman–Crippen LogP) is 2.59. The molecule has 7 nitrogen and oxygen atoms in total. The Morgan fingerprint density at radius 2 is 1.94 bits per heavy atom. The predicted molar refractivity (Wildman–Crippen MR) is 120 cm³/mol. The average Bonchev–Trinajstić information content (AvgIpc) is 3.18. The zero-order valence-corrected chi connectivity index (χ0v) is 18.4. The number of amides is 2. The number of fused-ring (bicyclic) bond motifs is 2. The molecule has 1 aliphatic carbocycles. The molecule has 0 bridgehead atoms. The van der Waals surface area contributed by atoms with Crippen molar-refractivity contribution < 1.29 is 9.59 Å². The SMILES string of the molecule is CCCCN(CC(=O)N1CCc2nc(NC3Cc4ccccc4C3)ncc2C1)C(C)=O. The van der Waals surface area contributed by atoms with Gasteiger partial charge in [-0.15, -0.1) is 0 Å². The van der Waals surface area contributed by atoms with Crippen molar-refractivity contribution in [2.24, 2.45) is 0 Å². The Balaban J connectivity index is 1.35. The van der Waals surface area contributed by atoms with Crippen molar-refractivity contribution in [3.05, 3.63) is 52.8 Å². The van der Waals surface area contributed by atoms with Crippen molar-refractivity contribution in [3.63, 3.8) is 0 Å². The quantitative estimate of drug-likeness (QED) is 0.744. The molecule has 164 valence electrons. The van der Waals surface area contributed by atoms with E-state index < -0.39 is 0 Å². The zero-order valence-electron chi connectivity index (χ0n) is 18.4. The van der Waals surface area contributed by atoms with Gasteiger partial charge in [-0.3, -0.25) is 9.59 Å². The van der Waals surface area contributed by atoms with Crippen LogP contribution in [0, 0.1) is 0 Å². The van der Waals surface area contributed by atoms with Crippen LogP contribution in [0.1, 0.15) is 49.1 Å². The highest BCUT2D eigenvalue weighted by atomic mass is 16.2. The highest BCUT2D eigenvalue weighted by Gasteiger charge is 2.26. The van der Waals surface area contributed by atoms with Gasteiger partial charge in [0.15, 0.2) is 0 Å². The minimum absolute atomic E-state index is 0.0112. The van der Waals surface area contributed by atoms with Crippen LogP contribution in [-0.2, 0) is 35.4 Å². The largest absolute Gasteiger partial charge is 0.351 e. The summed E-state index contributed by atoms with van der Waals surface area (Å²) in [6, 6.07) is 8.86. The van der Waals surface area contributed by atoms with Crippen molar-refractivity contribution in [3.8, 4) is 0 Å². The number of hydrogen-bond acceptors (Lipinski definition) is 5. The molecule has 31 heavy (non-hydrogen) atoms. The molecule has 0 fully saturated rings. The molecule has 2 amide bonds. The standard InChI is InChI=1S/C24H31N5O2/c1-3-4-10-28(17(2)30)16-23(31)29-11-9-22-20(15-29)14-25-24(27-22)26-21-12-18-7-5-6-8-19(18)13-21/h5-8,14,21H,3-4,9-13,15-16H2,1-2H3,(H,25,26,27). The molecule has 0 saturated carbocycles. The molecular weight excluding hydrogens is 390 g/mol. The number of carbonyl (C=O) groups excluding carboxylic acids is 2. The number of anilines is 1. The summed E-state index contributed by atoms with van der Waals surface area (Å²) < 4.78 is 0. The highest BCUT2D eigenvalue weighted by Crippen LogP contribution is 2.24. The van der Waals surface area contributed by atoms with Gasteiger partial charge in [0.1, 0.15) is 0 Å². The first-order chi connectivity index (χ1) is 15.0. The number of aromatic nitrogens is 2. The Labute approximate surface area is 183 Å². The molecule has 0 spiro atoms. The minimum Gasteiger partial charge on any atom is -0.351 e. The molecule has 2 aliphatic rings. The molecule has 7 heteroatoms. The third-order valence-electron chi connectivity index (χ3n) is 6.22. The highest BCUT2D eigenvalue weighted by molar-refractivity contribution is 5.84. The molecule has 1 aromatic heterocycles. The molecule has 1 aromatic carbocycles. The molecule has 0 saturated heterocycles. The van der Waals surface area contributed by atoms with Crippen molar-refractivity contribution in [1.82, 2.24) is 19.8 Å². The number of unbranched alkanes of at least 4 members (excludes halogenated alkanes) is 1. The molecule has 0 atom stereocenters. The third-order valence-corrected chi connectivity index (χ3v) is 6.22. The van der Waals surface area contributed by atoms with Crippen molar-refractivity contribution in [1.29, 1.82) is 0 Å². The maximum absolute atomic E-state index is 12.8. The van der Waals surface area contributed by atoms with Gasteiger partial charge in [-0.2, -0.15) is 0 Å². The van der Waals surface area contributed by atoms with Gasteiger partial charge in [0.25, 0.3) is 0 Å². The van der Waals surface area contributed by atoms with Crippen LogP contribution in [0.5, 0.6) is 0 Å². The Morgan fingerprint density at radius 3 is 2.61 bits per heavy atom. The normalized spacial score (nSPS) is 15.4. The zero-order chi connectivity index (χ0) is 21.8. The van der Waals surface area contributed by atoms with Crippen LogP contribution in [0.15, 0.2) is 30.5 Å². The monoisotopic (exact) mass is 421 g/mol. The maximum atomic E-state index is 12.8. The number of carbonyl (C=O) groups is 2. The number of nitrogens with one attached hydrogen (secondary N) is 1. The van der Waals surface area contributed by atoms with E-state index in [9.17, 15) is 9.59 Å². The maximum Gasteiger partial charge on any atom is 0.242 e. The van der Waals surface area contributed by atoms with Gasteiger partial charge in [-0.25, -0.2) is 9.97 Å². The minimum atomic E-state index is -0.0488. The van der Waals surface area contributed by atoms with E-state index in [1.165, 1.54) is 18.1 Å². The Morgan fingerprint density at radius 1 is 1.19 bits per heavy atom. The smallest absolute Gasteiger partial charge is 0.242 e. The van der Waals surface area contributed by atoms with Crippen LogP contribution in [-0.4, -0.2) is 57.3 Å². The van der Waals surface area contributed by atoms with E-state index >= 15 is 0 Å².